The van der Waals surface area contributed by atoms with Crippen LogP contribution in [0.4, 0.5) is 17.6 Å². The zero-order valence-electron chi connectivity index (χ0n) is 17.1. The van der Waals surface area contributed by atoms with Crippen molar-refractivity contribution in [2.75, 3.05) is 33.4 Å². The van der Waals surface area contributed by atoms with Gasteiger partial charge in [0.1, 0.15) is 12.4 Å². The van der Waals surface area contributed by atoms with Crippen molar-refractivity contribution in [2.24, 2.45) is 5.92 Å². The van der Waals surface area contributed by atoms with E-state index in [0.717, 1.165) is 0 Å². The van der Waals surface area contributed by atoms with Gasteiger partial charge in [0.2, 0.25) is 17.5 Å². The highest BCUT2D eigenvalue weighted by Gasteiger charge is 2.37. The monoisotopic (exact) mass is 488 g/mol. The van der Waals surface area contributed by atoms with E-state index < -0.39 is 59.8 Å². The Morgan fingerprint density at radius 3 is 2.33 bits per heavy atom. The van der Waals surface area contributed by atoms with Crippen molar-refractivity contribution in [1.82, 2.24) is 10.2 Å². The van der Waals surface area contributed by atoms with E-state index in [-0.39, 0.29) is 30.6 Å². The molecule has 0 unspecified atom stereocenters. The molecule has 33 heavy (non-hydrogen) atoms. The highest BCUT2D eigenvalue weighted by atomic mass is 35.5. The average Bonchev–Trinajstić information content (AvgIpc) is 2.75. The molecule has 3 rings (SSSR count). The minimum absolute atomic E-state index is 0.00862. The van der Waals surface area contributed by atoms with Gasteiger partial charge in [-0.15, -0.1) is 0 Å². The fourth-order valence-electron chi connectivity index (χ4n) is 3.04. The molecular formula is C21H17ClF4N2O5. The third kappa shape index (κ3) is 5.36. The summed E-state index contributed by atoms with van der Waals surface area (Å²) in [6.07, 6.45) is 0. The summed E-state index contributed by atoms with van der Waals surface area (Å²) in [7, 11) is 1.40. The van der Waals surface area contributed by atoms with Crippen molar-refractivity contribution < 1.29 is 41.4 Å². The van der Waals surface area contributed by atoms with Crippen molar-refractivity contribution >= 4 is 29.2 Å². The first-order chi connectivity index (χ1) is 15.6. The number of methoxy groups -OCH3 is 1. The molecule has 12 heteroatoms. The van der Waals surface area contributed by atoms with E-state index in [1.165, 1.54) is 18.1 Å². The molecule has 1 fully saturated rings. The number of ketones is 1. The van der Waals surface area contributed by atoms with Gasteiger partial charge in [0.15, 0.2) is 23.2 Å². The number of halogens is 5. The molecule has 1 heterocycles. The summed E-state index contributed by atoms with van der Waals surface area (Å²) in [5.74, 6) is -10.2. The summed E-state index contributed by atoms with van der Waals surface area (Å²) < 4.78 is 63.0. The lowest BCUT2D eigenvalue weighted by atomic mass is 9.97. The number of likely N-dealkylation sites (tertiary alicyclic amines) is 1. The number of rotatable bonds is 8. The lowest BCUT2D eigenvalue weighted by Gasteiger charge is -2.38. The summed E-state index contributed by atoms with van der Waals surface area (Å²) in [5, 5.41) is 2.66. The average molecular weight is 489 g/mol. The zero-order chi connectivity index (χ0) is 24.3. The van der Waals surface area contributed by atoms with Crippen LogP contribution in [0.25, 0.3) is 0 Å². The van der Waals surface area contributed by atoms with E-state index in [0.29, 0.717) is 10.8 Å². The van der Waals surface area contributed by atoms with Crippen LogP contribution in [0.1, 0.15) is 10.4 Å². The zero-order valence-corrected chi connectivity index (χ0v) is 17.8. The van der Waals surface area contributed by atoms with Crippen LogP contribution in [-0.2, 0) is 9.59 Å². The maximum atomic E-state index is 13.5. The van der Waals surface area contributed by atoms with E-state index in [1.807, 2.05) is 0 Å². The van der Waals surface area contributed by atoms with E-state index >= 15 is 0 Å². The van der Waals surface area contributed by atoms with Crippen LogP contribution < -0.4 is 14.8 Å². The van der Waals surface area contributed by atoms with Crippen molar-refractivity contribution in [1.29, 1.82) is 0 Å². The van der Waals surface area contributed by atoms with Gasteiger partial charge in [-0.1, -0.05) is 11.6 Å². The van der Waals surface area contributed by atoms with Crippen molar-refractivity contribution in [3.05, 3.63) is 58.1 Å². The molecule has 2 aromatic rings. The third-order valence-electron chi connectivity index (χ3n) is 4.84. The Balaban J connectivity index is 1.47. The molecule has 0 spiro atoms. The molecule has 176 valence electrons. The van der Waals surface area contributed by atoms with Crippen molar-refractivity contribution in [2.45, 2.75) is 0 Å². The number of nitrogens with one attached hydrogen (secondary N) is 1. The lowest BCUT2D eigenvalue weighted by Crippen LogP contribution is -2.56. The van der Waals surface area contributed by atoms with Gasteiger partial charge in [-0.05, 0) is 18.2 Å². The van der Waals surface area contributed by atoms with Crippen LogP contribution in [-0.4, -0.2) is 55.8 Å². The summed E-state index contributed by atoms with van der Waals surface area (Å²) in [4.78, 5) is 38.0. The van der Waals surface area contributed by atoms with E-state index in [1.54, 1.807) is 12.1 Å². The van der Waals surface area contributed by atoms with Crippen LogP contribution in [0, 0.1) is 29.2 Å². The first-order valence-electron chi connectivity index (χ1n) is 9.50. The smallest absolute Gasteiger partial charge is 0.257 e. The fraction of sp³-hybridized carbons (Fsp3) is 0.286. The molecule has 1 aliphatic heterocycles. The Kier molecular flexibility index (Phi) is 7.42. The standard InChI is InChI=1S/C21H17ClF4N2O5/c1-32-16-3-2-11(22)4-13(16)21(31)28-7-10(8-28)20(30)27-6-12(29)9-33-19-17(25)14(23)5-15(24)18(19)26/h2-5,10H,6-9H2,1H3,(H,27,30). The second kappa shape index (κ2) is 10.1. The summed E-state index contributed by atoms with van der Waals surface area (Å²) >= 11 is 5.92. The van der Waals surface area contributed by atoms with Crippen molar-refractivity contribution in [3.8, 4) is 11.5 Å². The van der Waals surface area contributed by atoms with Gasteiger partial charge in [-0.3, -0.25) is 14.4 Å². The van der Waals surface area contributed by atoms with Crippen LogP contribution in [0.5, 0.6) is 11.5 Å². The normalized spacial score (nSPS) is 13.3. The first kappa shape index (κ1) is 24.3. The van der Waals surface area contributed by atoms with Crippen LogP contribution >= 0.6 is 11.6 Å². The molecule has 2 aromatic carbocycles. The van der Waals surface area contributed by atoms with E-state index in [9.17, 15) is 31.9 Å². The number of hydrogen-bond acceptors (Lipinski definition) is 5. The summed E-state index contributed by atoms with van der Waals surface area (Å²) in [6.45, 7) is -1.30. The first-order valence-corrected chi connectivity index (χ1v) is 9.88. The lowest BCUT2D eigenvalue weighted by molar-refractivity contribution is -0.131. The van der Waals surface area contributed by atoms with Crippen LogP contribution in [0.3, 0.4) is 0 Å². The third-order valence-corrected chi connectivity index (χ3v) is 5.08. The molecule has 7 nitrogen and oxygen atoms in total. The second-order valence-corrected chi connectivity index (χ2v) is 7.53. The topological polar surface area (TPSA) is 84.9 Å². The Morgan fingerprint density at radius 2 is 1.73 bits per heavy atom. The number of benzene rings is 2. The van der Waals surface area contributed by atoms with Gasteiger partial charge in [-0.2, -0.15) is 8.78 Å². The van der Waals surface area contributed by atoms with E-state index in [4.69, 9.17) is 16.3 Å². The molecule has 0 saturated carbocycles. The molecule has 0 atom stereocenters. The van der Waals surface area contributed by atoms with E-state index in [2.05, 4.69) is 10.1 Å². The molecule has 0 aliphatic carbocycles. The Bertz CT molecular complexity index is 1080. The predicted octanol–water partition coefficient (Wildman–Crippen LogP) is 2.74. The largest absolute Gasteiger partial charge is 0.496 e. The van der Waals surface area contributed by atoms with Crippen LogP contribution in [0.2, 0.25) is 5.02 Å². The fourth-order valence-corrected chi connectivity index (χ4v) is 3.21. The highest BCUT2D eigenvalue weighted by Crippen LogP contribution is 2.28. The molecule has 1 saturated heterocycles. The quantitative estimate of drug-likeness (QED) is 0.456. The maximum absolute atomic E-state index is 13.5. The Labute approximate surface area is 190 Å². The number of amides is 2. The predicted molar refractivity (Wildman–Crippen MR) is 107 cm³/mol. The molecule has 0 bridgehead atoms. The molecule has 1 aliphatic rings. The SMILES string of the molecule is COc1ccc(Cl)cc1C(=O)N1CC(C(=O)NCC(=O)COc2c(F)c(F)cc(F)c2F)C1. The highest BCUT2D eigenvalue weighted by molar-refractivity contribution is 6.31. The van der Waals surface area contributed by atoms with Gasteiger partial charge in [-0.25, -0.2) is 8.78 Å². The number of hydrogen-bond donors (Lipinski definition) is 1. The molecule has 0 radical (unpaired) electrons. The minimum Gasteiger partial charge on any atom is -0.496 e. The Hall–Kier alpha value is -3.34. The van der Waals surface area contributed by atoms with Gasteiger partial charge in [0.05, 0.1) is 25.1 Å². The van der Waals surface area contributed by atoms with Gasteiger partial charge >= 0.3 is 0 Å². The number of carbonyl (C=O) groups excluding carboxylic acids is 3. The number of ether oxygens (including phenoxy) is 2. The summed E-state index contributed by atoms with van der Waals surface area (Å²) in [5.41, 5.74) is 0.240. The Morgan fingerprint density at radius 1 is 1.09 bits per heavy atom. The number of carbonyl (C=O) groups is 3. The summed E-state index contributed by atoms with van der Waals surface area (Å²) in [6, 6.07) is 4.57. The van der Waals surface area contributed by atoms with Gasteiger partial charge in [0.25, 0.3) is 5.91 Å². The second-order valence-electron chi connectivity index (χ2n) is 7.09. The molecule has 1 N–H and O–H groups in total. The number of Topliss-reactive ketones (excluding diaryl/α,β-unsaturated/α-hetero) is 1. The van der Waals surface area contributed by atoms with Gasteiger partial charge in [0, 0.05) is 24.2 Å². The molecule has 2 amide bonds. The van der Waals surface area contributed by atoms with Crippen molar-refractivity contribution in [3.63, 3.8) is 0 Å². The number of nitrogens with zero attached hydrogens (tertiary/aromatic N) is 1. The van der Waals surface area contributed by atoms with Crippen LogP contribution in [0.15, 0.2) is 24.3 Å². The molecule has 0 aromatic heterocycles. The maximum Gasteiger partial charge on any atom is 0.257 e. The minimum atomic E-state index is -1.78. The van der Waals surface area contributed by atoms with Gasteiger partial charge < -0.3 is 19.7 Å². The molecular weight excluding hydrogens is 472 g/mol.